The second-order valence-electron chi connectivity index (χ2n) is 17.7. The van der Waals surface area contributed by atoms with Crippen LogP contribution < -0.4 is 0 Å². The van der Waals surface area contributed by atoms with Crippen LogP contribution in [0.25, 0.3) is 0 Å². The number of ether oxygens (including phenoxy) is 3. The summed E-state index contributed by atoms with van der Waals surface area (Å²) in [4.78, 5) is 38.0. The molecule has 0 aliphatic rings. The van der Waals surface area contributed by atoms with E-state index in [4.69, 9.17) is 14.2 Å². The number of unbranched alkanes of at least 4 members (excludes halogenated alkanes) is 19. The number of hydrogen-bond acceptors (Lipinski definition) is 6. The van der Waals surface area contributed by atoms with Gasteiger partial charge in [0, 0.05) is 19.3 Å². The van der Waals surface area contributed by atoms with Gasteiger partial charge in [-0.2, -0.15) is 0 Å². The number of allylic oxidation sites excluding steroid dienone is 18. The fourth-order valence-electron chi connectivity index (χ4n) is 7.13. The third kappa shape index (κ3) is 52.9. The van der Waals surface area contributed by atoms with Crippen LogP contribution in [0, 0.1) is 0 Å². The summed E-state index contributed by atoms with van der Waals surface area (Å²) in [6, 6.07) is 0. The van der Waals surface area contributed by atoms with Crippen LogP contribution in [-0.4, -0.2) is 37.2 Å². The van der Waals surface area contributed by atoms with Crippen LogP contribution in [0.5, 0.6) is 0 Å². The highest BCUT2D eigenvalue weighted by Gasteiger charge is 2.19. The summed E-state index contributed by atoms with van der Waals surface area (Å²) in [6.07, 6.45) is 73.7. The Morgan fingerprint density at radius 1 is 0.313 bits per heavy atom. The first-order chi connectivity index (χ1) is 33.0. The molecule has 0 aromatic rings. The van der Waals surface area contributed by atoms with E-state index in [9.17, 15) is 14.4 Å². The Hall–Kier alpha value is -3.93. The van der Waals surface area contributed by atoms with Gasteiger partial charge in [0.25, 0.3) is 0 Å². The van der Waals surface area contributed by atoms with Gasteiger partial charge >= 0.3 is 17.9 Å². The van der Waals surface area contributed by atoms with Crippen molar-refractivity contribution in [2.75, 3.05) is 13.2 Å². The molecule has 0 fully saturated rings. The van der Waals surface area contributed by atoms with Gasteiger partial charge in [-0.15, -0.1) is 0 Å². The second-order valence-corrected chi connectivity index (χ2v) is 17.7. The smallest absolute Gasteiger partial charge is 0.306 e. The van der Waals surface area contributed by atoms with E-state index in [1.165, 1.54) is 96.3 Å². The standard InChI is InChI=1S/C61H100O6/c1-4-7-10-13-16-19-22-24-26-28-30-32-34-36-39-42-45-48-51-54-60(63)66-57-58(56-65-59(62)53-50-47-44-41-38-21-18-15-12-9-6-3)67-61(64)55-52-49-46-43-40-37-35-33-31-29-27-25-23-20-17-14-11-8-5-2/h7,10,15-20,24-27,30,32,36,39,45,48,58H,4-6,8-9,11-14,21-23,28-29,31,33-35,37-38,40-44,46-47,49-57H2,1-3H3/b10-7-,18-15-,19-16-,20-17-,26-24-,27-25-,32-30-,39-36-,48-45-/t58-/m1/s1. The Labute approximate surface area is 412 Å². The predicted molar refractivity (Wildman–Crippen MR) is 288 cm³/mol. The second kappa shape index (κ2) is 54.7. The fourth-order valence-corrected chi connectivity index (χ4v) is 7.13. The van der Waals surface area contributed by atoms with Gasteiger partial charge in [0.1, 0.15) is 13.2 Å². The predicted octanol–water partition coefficient (Wildman–Crippen LogP) is 18.3. The van der Waals surface area contributed by atoms with Crippen molar-refractivity contribution in [3.8, 4) is 0 Å². The minimum atomic E-state index is -0.815. The normalized spacial score (nSPS) is 12.9. The van der Waals surface area contributed by atoms with Crippen molar-refractivity contribution in [2.45, 2.75) is 245 Å². The summed E-state index contributed by atoms with van der Waals surface area (Å²) in [6.45, 7) is 6.38. The monoisotopic (exact) mass is 929 g/mol. The van der Waals surface area contributed by atoms with Gasteiger partial charge in [0.05, 0.1) is 0 Å². The van der Waals surface area contributed by atoms with Crippen molar-refractivity contribution in [1.29, 1.82) is 0 Å². The van der Waals surface area contributed by atoms with Gasteiger partial charge in [0.2, 0.25) is 0 Å². The lowest BCUT2D eigenvalue weighted by Gasteiger charge is -2.18. The van der Waals surface area contributed by atoms with Gasteiger partial charge in [-0.3, -0.25) is 14.4 Å². The molecule has 1 atom stereocenters. The van der Waals surface area contributed by atoms with Crippen LogP contribution in [0.15, 0.2) is 109 Å². The Bertz CT molecular complexity index is 1390. The summed E-state index contributed by atoms with van der Waals surface area (Å²) >= 11 is 0. The van der Waals surface area contributed by atoms with Gasteiger partial charge in [-0.1, -0.05) is 220 Å². The highest BCUT2D eigenvalue weighted by molar-refractivity contribution is 5.71. The third-order valence-corrected chi connectivity index (χ3v) is 11.2. The highest BCUT2D eigenvalue weighted by Crippen LogP contribution is 2.14. The molecular formula is C61H100O6. The molecule has 0 unspecified atom stereocenters. The molecule has 0 aromatic heterocycles. The SMILES string of the molecule is CC/C=C\C/C=C\C/C=C\C/C=C\C/C=C\C/C=C\CCC(=O)OC[C@@H](COC(=O)CCCCCCC/C=C\CCCC)OC(=O)CCCCCCCCCCC/C=C\C/C=C\CCCCC. The first-order valence-electron chi connectivity index (χ1n) is 27.4. The van der Waals surface area contributed by atoms with Crippen molar-refractivity contribution in [3.63, 3.8) is 0 Å². The third-order valence-electron chi connectivity index (χ3n) is 11.2. The molecule has 0 heterocycles. The van der Waals surface area contributed by atoms with Gasteiger partial charge in [-0.05, 0) is 109 Å². The van der Waals surface area contributed by atoms with E-state index in [-0.39, 0.29) is 37.5 Å². The summed E-state index contributed by atoms with van der Waals surface area (Å²) in [5.74, 6) is -1.01. The lowest BCUT2D eigenvalue weighted by molar-refractivity contribution is -0.166. The molecule has 0 saturated carbocycles. The van der Waals surface area contributed by atoms with Gasteiger partial charge < -0.3 is 14.2 Å². The molecule has 0 aliphatic heterocycles. The maximum absolute atomic E-state index is 12.8. The molecule has 0 saturated heterocycles. The minimum Gasteiger partial charge on any atom is -0.462 e. The van der Waals surface area contributed by atoms with E-state index < -0.39 is 6.10 Å². The lowest BCUT2D eigenvalue weighted by atomic mass is 10.1. The molecule has 6 heteroatoms. The van der Waals surface area contributed by atoms with Crippen molar-refractivity contribution in [1.82, 2.24) is 0 Å². The largest absolute Gasteiger partial charge is 0.462 e. The number of esters is 3. The van der Waals surface area contributed by atoms with Crippen molar-refractivity contribution < 1.29 is 28.6 Å². The highest BCUT2D eigenvalue weighted by atomic mass is 16.6. The zero-order valence-corrected chi connectivity index (χ0v) is 43.4. The summed E-state index contributed by atoms with van der Waals surface area (Å²) < 4.78 is 16.7. The van der Waals surface area contributed by atoms with Gasteiger partial charge in [0.15, 0.2) is 6.10 Å². The molecule has 0 bridgehead atoms. The molecule has 67 heavy (non-hydrogen) atoms. The average Bonchev–Trinajstić information content (AvgIpc) is 3.33. The van der Waals surface area contributed by atoms with E-state index >= 15 is 0 Å². The molecule has 380 valence electrons. The molecule has 0 aliphatic carbocycles. The zero-order valence-electron chi connectivity index (χ0n) is 43.4. The van der Waals surface area contributed by atoms with E-state index in [0.29, 0.717) is 19.3 Å². The molecule has 0 radical (unpaired) electrons. The van der Waals surface area contributed by atoms with Crippen LogP contribution >= 0.6 is 0 Å². The van der Waals surface area contributed by atoms with Crippen LogP contribution in [0.1, 0.15) is 239 Å². The first kappa shape index (κ1) is 63.1. The van der Waals surface area contributed by atoms with E-state index in [0.717, 1.165) is 96.3 Å². The number of rotatable bonds is 48. The fraction of sp³-hybridized carbons (Fsp3) is 0.656. The quantitative estimate of drug-likeness (QED) is 0.0262. The minimum absolute atomic E-state index is 0.109. The Morgan fingerprint density at radius 3 is 1.06 bits per heavy atom. The Balaban J connectivity index is 4.48. The molecule has 0 N–H and O–H groups in total. The van der Waals surface area contributed by atoms with E-state index in [1.807, 2.05) is 6.08 Å². The van der Waals surface area contributed by atoms with E-state index in [1.54, 1.807) is 0 Å². The zero-order chi connectivity index (χ0) is 48.6. The lowest BCUT2D eigenvalue weighted by Crippen LogP contribution is -2.30. The maximum atomic E-state index is 12.8. The Morgan fingerprint density at radius 2 is 0.627 bits per heavy atom. The van der Waals surface area contributed by atoms with Crippen molar-refractivity contribution >= 4 is 17.9 Å². The van der Waals surface area contributed by atoms with Crippen molar-refractivity contribution in [3.05, 3.63) is 109 Å². The number of carbonyl (C=O) groups excluding carboxylic acids is 3. The average molecular weight is 929 g/mol. The van der Waals surface area contributed by atoms with Crippen LogP contribution in [0.2, 0.25) is 0 Å². The Kier molecular flexibility index (Phi) is 51.5. The van der Waals surface area contributed by atoms with Crippen molar-refractivity contribution in [2.24, 2.45) is 0 Å². The topological polar surface area (TPSA) is 78.9 Å². The molecule has 6 nitrogen and oxygen atoms in total. The molecular weight excluding hydrogens is 829 g/mol. The number of hydrogen-bond donors (Lipinski definition) is 0. The van der Waals surface area contributed by atoms with Gasteiger partial charge in [-0.25, -0.2) is 0 Å². The van der Waals surface area contributed by atoms with Crippen LogP contribution in [0.4, 0.5) is 0 Å². The summed E-state index contributed by atoms with van der Waals surface area (Å²) in [7, 11) is 0. The van der Waals surface area contributed by atoms with E-state index in [2.05, 4.69) is 124 Å². The molecule has 0 spiro atoms. The number of carbonyl (C=O) groups is 3. The first-order valence-corrected chi connectivity index (χ1v) is 27.4. The molecule has 0 rings (SSSR count). The summed E-state index contributed by atoms with van der Waals surface area (Å²) in [5, 5.41) is 0. The van der Waals surface area contributed by atoms with Crippen LogP contribution in [0.3, 0.4) is 0 Å². The molecule has 0 amide bonds. The maximum Gasteiger partial charge on any atom is 0.306 e. The molecule has 0 aromatic carbocycles. The summed E-state index contributed by atoms with van der Waals surface area (Å²) in [5.41, 5.74) is 0. The van der Waals surface area contributed by atoms with Crippen LogP contribution in [-0.2, 0) is 28.6 Å².